The number of carboxylic acids is 1. The average Bonchev–Trinajstić information content (AvgIpc) is 3.28. The van der Waals surface area contributed by atoms with Gasteiger partial charge in [-0.15, -0.1) is 0 Å². The minimum atomic E-state index is -0.877. The first kappa shape index (κ1) is 15.1. The van der Waals surface area contributed by atoms with E-state index in [1.54, 1.807) is 0 Å². The Hall–Kier alpha value is -1.30. The maximum absolute atomic E-state index is 11.8. The van der Waals surface area contributed by atoms with E-state index in [0.717, 1.165) is 5.92 Å². The second kappa shape index (κ2) is 6.43. The topological polar surface area (TPSA) is 87.7 Å². The lowest BCUT2D eigenvalue weighted by Gasteiger charge is -2.33. The molecule has 0 bridgehead atoms. The van der Waals surface area contributed by atoms with Gasteiger partial charge in [0.15, 0.2) is 0 Å². The largest absolute Gasteiger partial charge is 0.481 e. The molecule has 6 heteroatoms. The molecule has 0 aromatic heterocycles. The van der Waals surface area contributed by atoms with E-state index in [2.05, 4.69) is 17.6 Å². The normalized spacial score (nSPS) is 22.9. The summed E-state index contributed by atoms with van der Waals surface area (Å²) in [5.74, 6) is 0.390. The predicted octanol–water partition coefficient (Wildman–Crippen LogP) is 1.21. The molecule has 0 radical (unpaired) electrons. The van der Waals surface area contributed by atoms with Gasteiger partial charge in [-0.2, -0.15) is 0 Å². The SMILES string of the molecule is CC(CNC(=O)NCC1(C(=O)O)CCOCC1)C1CC1. The number of rotatable bonds is 6. The van der Waals surface area contributed by atoms with E-state index in [1.165, 1.54) is 12.8 Å². The number of ether oxygens (including phenoxy) is 1. The van der Waals surface area contributed by atoms with Crippen molar-refractivity contribution in [3.8, 4) is 0 Å². The molecule has 2 rings (SSSR count). The van der Waals surface area contributed by atoms with Crippen LogP contribution in [0.4, 0.5) is 4.79 Å². The van der Waals surface area contributed by atoms with Crippen molar-refractivity contribution in [2.45, 2.75) is 32.6 Å². The van der Waals surface area contributed by atoms with E-state index in [-0.39, 0.29) is 12.6 Å². The summed E-state index contributed by atoms with van der Waals surface area (Å²) in [5.41, 5.74) is -0.877. The average molecular weight is 284 g/mol. The van der Waals surface area contributed by atoms with Crippen molar-refractivity contribution in [2.75, 3.05) is 26.3 Å². The molecule has 20 heavy (non-hydrogen) atoms. The Labute approximate surface area is 119 Å². The lowest BCUT2D eigenvalue weighted by molar-refractivity contribution is -0.154. The Balaban J connectivity index is 1.73. The van der Waals surface area contributed by atoms with Gasteiger partial charge in [0.25, 0.3) is 0 Å². The number of urea groups is 1. The molecule has 0 aromatic carbocycles. The first-order valence-corrected chi connectivity index (χ1v) is 7.36. The number of nitrogens with one attached hydrogen (secondary N) is 2. The summed E-state index contributed by atoms with van der Waals surface area (Å²) in [6.45, 7) is 3.83. The molecule has 0 aromatic rings. The highest BCUT2D eigenvalue weighted by molar-refractivity contribution is 5.78. The Kier molecular flexibility index (Phi) is 4.86. The number of amides is 2. The maximum Gasteiger partial charge on any atom is 0.314 e. The standard InChI is InChI=1S/C14H24N2O4/c1-10(11-2-3-11)8-15-13(19)16-9-14(12(17)18)4-6-20-7-5-14/h10-11H,2-9H2,1H3,(H,17,18)(H2,15,16,19). The van der Waals surface area contributed by atoms with Crippen LogP contribution in [0.2, 0.25) is 0 Å². The summed E-state index contributed by atoms with van der Waals surface area (Å²) < 4.78 is 5.20. The van der Waals surface area contributed by atoms with Gasteiger partial charge in [-0.3, -0.25) is 4.79 Å². The Morgan fingerprint density at radius 3 is 2.50 bits per heavy atom. The van der Waals surface area contributed by atoms with Crippen LogP contribution >= 0.6 is 0 Å². The first-order chi connectivity index (χ1) is 9.53. The minimum Gasteiger partial charge on any atom is -0.481 e. The molecule has 1 saturated heterocycles. The monoisotopic (exact) mass is 284 g/mol. The van der Waals surface area contributed by atoms with Gasteiger partial charge in [-0.05, 0) is 37.5 Å². The fourth-order valence-electron chi connectivity index (χ4n) is 2.63. The van der Waals surface area contributed by atoms with Crippen LogP contribution < -0.4 is 10.6 Å². The molecule has 2 fully saturated rings. The quantitative estimate of drug-likeness (QED) is 0.684. The van der Waals surface area contributed by atoms with Crippen molar-refractivity contribution < 1.29 is 19.4 Å². The molecule has 1 heterocycles. The first-order valence-electron chi connectivity index (χ1n) is 7.36. The number of aliphatic carboxylic acids is 1. The van der Waals surface area contributed by atoms with Gasteiger partial charge in [0, 0.05) is 26.3 Å². The van der Waals surface area contributed by atoms with Gasteiger partial charge in [0.2, 0.25) is 0 Å². The Bertz CT molecular complexity index is 362. The van der Waals surface area contributed by atoms with Crippen LogP contribution in [0, 0.1) is 17.3 Å². The van der Waals surface area contributed by atoms with E-state index in [1.807, 2.05) is 0 Å². The van der Waals surface area contributed by atoms with Crippen molar-refractivity contribution >= 4 is 12.0 Å². The van der Waals surface area contributed by atoms with Crippen LogP contribution in [-0.4, -0.2) is 43.4 Å². The van der Waals surface area contributed by atoms with Crippen LogP contribution in [0.15, 0.2) is 0 Å². The van der Waals surface area contributed by atoms with Crippen LogP contribution in [0.5, 0.6) is 0 Å². The summed E-state index contributed by atoms with van der Waals surface area (Å²) in [5, 5.41) is 14.9. The molecule has 1 aliphatic carbocycles. The van der Waals surface area contributed by atoms with E-state index in [0.29, 0.717) is 38.5 Å². The summed E-state index contributed by atoms with van der Waals surface area (Å²) in [6, 6.07) is -0.274. The van der Waals surface area contributed by atoms with E-state index >= 15 is 0 Å². The zero-order valence-corrected chi connectivity index (χ0v) is 12.0. The molecule has 0 spiro atoms. The number of carbonyl (C=O) groups is 2. The molecule has 1 unspecified atom stereocenters. The molecule has 6 nitrogen and oxygen atoms in total. The zero-order chi connectivity index (χ0) is 14.6. The van der Waals surface area contributed by atoms with E-state index in [9.17, 15) is 14.7 Å². The zero-order valence-electron chi connectivity index (χ0n) is 12.0. The van der Waals surface area contributed by atoms with Crippen LogP contribution in [0.1, 0.15) is 32.6 Å². The van der Waals surface area contributed by atoms with Crippen molar-refractivity contribution in [3.63, 3.8) is 0 Å². The van der Waals surface area contributed by atoms with Crippen LogP contribution in [0.25, 0.3) is 0 Å². The molecular weight excluding hydrogens is 260 g/mol. The number of carboxylic acid groups (broad SMARTS) is 1. The van der Waals surface area contributed by atoms with Gasteiger partial charge in [0.05, 0.1) is 5.41 Å². The highest BCUT2D eigenvalue weighted by Crippen LogP contribution is 2.36. The van der Waals surface area contributed by atoms with Gasteiger partial charge < -0.3 is 20.5 Å². The molecule has 3 N–H and O–H groups in total. The lowest BCUT2D eigenvalue weighted by atomic mass is 9.80. The van der Waals surface area contributed by atoms with Gasteiger partial charge in [0.1, 0.15) is 0 Å². The van der Waals surface area contributed by atoms with Crippen LogP contribution in [0.3, 0.4) is 0 Å². The second-order valence-corrected chi connectivity index (χ2v) is 6.08. The minimum absolute atomic E-state index is 0.162. The molecule has 1 saturated carbocycles. The third-order valence-electron chi connectivity index (χ3n) is 4.50. The third kappa shape index (κ3) is 3.85. The molecule has 1 aliphatic heterocycles. The molecule has 1 atom stereocenters. The summed E-state index contributed by atoms with van der Waals surface area (Å²) in [7, 11) is 0. The smallest absolute Gasteiger partial charge is 0.314 e. The van der Waals surface area contributed by atoms with Gasteiger partial charge in [-0.1, -0.05) is 6.92 Å². The second-order valence-electron chi connectivity index (χ2n) is 6.08. The summed E-state index contributed by atoms with van der Waals surface area (Å²) in [4.78, 5) is 23.2. The van der Waals surface area contributed by atoms with Crippen LogP contribution in [-0.2, 0) is 9.53 Å². The number of hydrogen-bond acceptors (Lipinski definition) is 3. The van der Waals surface area contributed by atoms with Crippen molar-refractivity contribution in [1.82, 2.24) is 10.6 Å². The fraction of sp³-hybridized carbons (Fsp3) is 0.857. The number of hydrogen-bond donors (Lipinski definition) is 3. The maximum atomic E-state index is 11.8. The van der Waals surface area contributed by atoms with Crippen molar-refractivity contribution in [1.29, 1.82) is 0 Å². The van der Waals surface area contributed by atoms with Gasteiger partial charge in [-0.25, -0.2) is 4.79 Å². The Morgan fingerprint density at radius 2 is 1.95 bits per heavy atom. The highest BCUT2D eigenvalue weighted by atomic mass is 16.5. The fourth-order valence-corrected chi connectivity index (χ4v) is 2.63. The summed E-state index contributed by atoms with van der Waals surface area (Å²) >= 11 is 0. The lowest BCUT2D eigenvalue weighted by Crippen LogP contribution is -2.49. The summed E-state index contributed by atoms with van der Waals surface area (Å²) in [6.07, 6.45) is 3.40. The van der Waals surface area contributed by atoms with E-state index < -0.39 is 11.4 Å². The van der Waals surface area contributed by atoms with Gasteiger partial charge >= 0.3 is 12.0 Å². The third-order valence-corrected chi connectivity index (χ3v) is 4.50. The molecule has 2 aliphatic rings. The molecular formula is C14H24N2O4. The Morgan fingerprint density at radius 1 is 1.30 bits per heavy atom. The van der Waals surface area contributed by atoms with Crippen molar-refractivity contribution in [2.24, 2.45) is 17.3 Å². The highest BCUT2D eigenvalue weighted by Gasteiger charge is 2.40. The van der Waals surface area contributed by atoms with Crippen molar-refractivity contribution in [3.05, 3.63) is 0 Å². The predicted molar refractivity (Wildman–Crippen MR) is 73.4 cm³/mol. The van der Waals surface area contributed by atoms with E-state index in [4.69, 9.17) is 4.74 Å². The number of carbonyl (C=O) groups excluding carboxylic acids is 1. The molecule has 114 valence electrons. The molecule has 2 amide bonds.